The first-order valence-electron chi connectivity index (χ1n) is 7.37. The minimum Gasteiger partial charge on any atom is -0.488 e. The first-order chi connectivity index (χ1) is 12.0. The fourth-order valence-corrected chi connectivity index (χ4v) is 2.68. The molecule has 5 nitrogen and oxygen atoms in total. The molecule has 2 amide bonds. The summed E-state index contributed by atoms with van der Waals surface area (Å²) in [5.74, 6) is -0.486. The predicted octanol–water partition coefficient (Wildman–Crippen LogP) is 2.94. The van der Waals surface area contributed by atoms with Crippen LogP contribution in [0.15, 0.2) is 58.6 Å². The Morgan fingerprint density at radius 1 is 1.00 bits per heavy atom. The highest BCUT2D eigenvalue weighted by atomic mass is 79.9. The third-order valence-electron chi connectivity index (χ3n) is 3.47. The van der Waals surface area contributed by atoms with Crippen LogP contribution < -0.4 is 15.4 Å². The third-order valence-corrected chi connectivity index (χ3v) is 4.20. The van der Waals surface area contributed by atoms with Crippen molar-refractivity contribution in [1.29, 1.82) is 0 Å². The highest BCUT2D eigenvalue weighted by Crippen LogP contribution is 2.23. The lowest BCUT2D eigenvalue weighted by atomic mass is 10.1. The van der Waals surface area contributed by atoms with E-state index in [1.54, 1.807) is 12.1 Å². The Labute approximate surface area is 158 Å². The van der Waals surface area contributed by atoms with E-state index in [4.69, 9.17) is 17.0 Å². The Kier molecular flexibility index (Phi) is 5.25. The summed E-state index contributed by atoms with van der Waals surface area (Å²) in [6.07, 6.45) is 1.49. The van der Waals surface area contributed by atoms with Crippen molar-refractivity contribution in [3.8, 4) is 5.75 Å². The van der Waals surface area contributed by atoms with Gasteiger partial charge < -0.3 is 4.74 Å². The summed E-state index contributed by atoms with van der Waals surface area (Å²) in [7, 11) is 0. The zero-order valence-electron chi connectivity index (χ0n) is 12.9. The van der Waals surface area contributed by atoms with Crippen LogP contribution in [0, 0.1) is 0 Å². The van der Waals surface area contributed by atoms with Gasteiger partial charge in [0.05, 0.1) is 0 Å². The van der Waals surface area contributed by atoms with Crippen LogP contribution in [0.1, 0.15) is 11.1 Å². The van der Waals surface area contributed by atoms with Crippen molar-refractivity contribution in [1.82, 2.24) is 10.6 Å². The predicted molar refractivity (Wildman–Crippen MR) is 102 cm³/mol. The molecule has 2 N–H and O–H groups in total. The van der Waals surface area contributed by atoms with Crippen molar-refractivity contribution in [2.45, 2.75) is 6.61 Å². The lowest BCUT2D eigenvalue weighted by Crippen LogP contribution is -2.51. The maximum absolute atomic E-state index is 12.0. The van der Waals surface area contributed by atoms with Crippen molar-refractivity contribution in [3.63, 3.8) is 0 Å². The second kappa shape index (κ2) is 7.58. The smallest absolute Gasteiger partial charge is 0.263 e. The molecule has 3 rings (SSSR count). The molecule has 0 atom stereocenters. The quantitative estimate of drug-likeness (QED) is 0.456. The summed E-state index contributed by atoms with van der Waals surface area (Å²) in [4.78, 5) is 23.9. The van der Waals surface area contributed by atoms with E-state index in [-0.39, 0.29) is 10.7 Å². The zero-order valence-corrected chi connectivity index (χ0v) is 15.3. The standard InChI is InChI=1S/C18H13BrN2O3S/c19-13-7-5-11(6-8-13)10-24-15-4-2-1-3-12(15)9-14-16(22)20-18(25)21-17(14)23/h1-9H,10H2,(H2,20,21,22,23,25). The molecule has 0 unspecified atom stereocenters. The van der Waals surface area contributed by atoms with Crippen molar-refractivity contribution in [3.05, 3.63) is 69.7 Å². The van der Waals surface area contributed by atoms with Gasteiger partial charge in [0.15, 0.2) is 5.11 Å². The molecule has 2 aromatic rings. The van der Waals surface area contributed by atoms with Gasteiger partial charge in [-0.05, 0) is 42.1 Å². The first-order valence-corrected chi connectivity index (χ1v) is 8.58. The Hall–Kier alpha value is -2.51. The molecule has 1 saturated heterocycles. The van der Waals surface area contributed by atoms with E-state index in [9.17, 15) is 9.59 Å². The van der Waals surface area contributed by atoms with Crippen molar-refractivity contribution < 1.29 is 14.3 Å². The summed E-state index contributed by atoms with van der Waals surface area (Å²) in [5.41, 5.74) is 1.62. The largest absolute Gasteiger partial charge is 0.488 e. The second-order valence-electron chi connectivity index (χ2n) is 5.25. The number of carbonyl (C=O) groups excluding carboxylic acids is 2. The number of benzene rings is 2. The summed E-state index contributed by atoms with van der Waals surface area (Å²) in [6.45, 7) is 0.371. The zero-order chi connectivity index (χ0) is 17.8. The van der Waals surface area contributed by atoms with E-state index in [2.05, 4.69) is 26.6 Å². The molecule has 0 radical (unpaired) electrons. The molecule has 1 heterocycles. The molecule has 1 fully saturated rings. The normalized spacial score (nSPS) is 14.0. The maximum atomic E-state index is 12.0. The Balaban J connectivity index is 1.82. The molecule has 2 aromatic carbocycles. The van der Waals surface area contributed by atoms with Gasteiger partial charge >= 0.3 is 0 Å². The van der Waals surface area contributed by atoms with E-state index in [1.165, 1.54) is 6.08 Å². The van der Waals surface area contributed by atoms with Gasteiger partial charge in [-0.25, -0.2) is 0 Å². The summed E-state index contributed by atoms with van der Waals surface area (Å²) in [5, 5.41) is 4.83. The Bertz CT molecular complexity index is 856. The van der Waals surface area contributed by atoms with Crippen LogP contribution in [0.5, 0.6) is 5.75 Å². The molecule has 1 aliphatic heterocycles. The first kappa shape index (κ1) is 17.3. The van der Waals surface area contributed by atoms with Crippen molar-refractivity contribution in [2.24, 2.45) is 0 Å². The Morgan fingerprint density at radius 2 is 1.64 bits per heavy atom. The number of nitrogens with one attached hydrogen (secondary N) is 2. The van der Waals surface area contributed by atoms with Crippen LogP contribution in [0.4, 0.5) is 0 Å². The summed E-state index contributed by atoms with van der Waals surface area (Å²) in [6, 6.07) is 15.0. The molecule has 0 spiro atoms. The molecular formula is C18H13BrN2O3S. The van der Waals surface area contributed by atoms with Crippen LogP contribution in [-0.2, 0) is 16.2 Å². The summed E-state index contributed by atoms with van der Waals surface area (Å²) < 4.78 is 6.84. The number of amides is 2. The van der Waals surface area contributed by atoms with Crippen LogP contribution in [0.2, 0.25) is 0 Å². The van der Waals surface area contributed by atoms with Gasteiger partial charge in [0, 0.05) is 10.0 Å². The lowest BCUT2D eigenvalue weighted by molar-refractivity contribution is -0.123. The average Bonchev–Trinajstić information content (AvgIpc) is 2.58. The minimum atomic E-state index is -0.531. The monoisotopic (exact) mass is 416 g/mol. The number of rotatable bonds is 4. The van der Waals surface area contributed by atoms with Gasteiger partial charge in [-0.15, -0.1) is 0 Å². The summed E-state index contributed by atoms with van der Waals surface area (Å²) >= 11 is 8.18. The Morgan fingerprint density at radius 3 is 2.32 bits per heavy atom. The van der Waals surface area contributed by atoms with E-state index < -0.39 is 11.8 Å². The number of thiocarbonyl (C=S) groups is 1. The van der Waals surface area contributed by atoms with Gasteiger partial charge in [-0.1, -0.05) is 46.3 Å². The van der Waals surface area contributed by atoms with E-state index in [1.807, 2.05) is 36.4 Å². The van der Waals surface area contributed by atoms with Crippen LogP contribution in [-0.4, -0.2) is 16.9 Å². The molecular weight excluding hydrogens is 404 g/mol. The van der Waals surface area contributed by atoms with Gasteiger partial charge in [0.2, 0.25) is 0 Å². The molecule has 126 valence electrons. The number of hydrogen-bond donors (Lipinski definition) is 2. The van der Waals surface area contributed by atoms with Crippen LogP contribution >= 0.6 is 28.1 Å². The van der Waals surface area contributed by atoms with E-state index in [0.717, 1.165) is 10.0 Å². The molecule has 0 saturated carbocycles. The highest BCUT2D eigenvalue weighted by Gasteiger charge is 2.26. The fourth-order valence-electron chi connectivity index (χ4n) is 2.23. The molecule has 0 aliphatic carbocycles. The van der Waals surface area contributed by atoms with Crippen LogP contribution in [0.3, 0.4) is 0 Å². The van der Waals surface area contributed by atoms with E-state index >= 15 is 0 Å². The maximum Gasteiger partial charge on any atom is 0.263 e. The van der Waals surface area contributed by atoms with Gasteiger partial charge in [-0.2, -0.15) is 0 Å². The second-order valence-corrected chi connectivity index (χ2v) is 6.57. The van der Waals surface area contributed by atoms with Gasteiger partial charge in [-0.3, -0.25) is 20.2 Å². The van der Waals surface area contributed by atoms with Crippen molar-refractivity contribution in [2.75, 3.05) is 0 Å². The van der Waals surface area contributed by atoms with Crippen LogP contribution in [0.25, 0.3) is 6.08 Å². The topological polar surface area (TPSA) is 67.4 Å². The molecule has 7 heteroatoms. The van der Waals surface area contributed by atoms with Gasteiger partial charge in [0.1, 0.15) is 17.9 Å². The fraction of sp³-hybridized carbons (Fsp3) is 0.0556. The number of carbonyl (C=O) groups is 2. The number of halogens is 1. The average molecular weight is 417 g/mol. The van der Waals surface area contributed by atoms with E-state index in [0.29, 0.717) is 17.9 Å². The molecule has 0 aromatic heterocycles. The number of para-hydroxylation sites is 1. The SMILES string of the molecule is O=C1NC(=S)NC(=O)C1=Cc1ccccc1OCc1ccc(Br)cc1. The third kappa shape index (κ3) is 4.32. The number of ether oxygens (including phenoxy) is 1. The molecule has 0 bridgehead atoms. The minimum absolute atomic E-state index is 0.00641. The molecule has 25 heavy (non-hydrogen) atoms. The highest BCUT2D eigenvalue weighted by molar-refractivity contribution is 9.10. The molecule has 1 aliphatic rings. The van der Waals surface area contributed by atoms with Gasteiger partial charge in [0.25, 0.3) is 11.8 Å². The lowest BCUT2D eigenvalue weighted by Gasteiger charge is -2.17. The number of hydrogen-bond acceptors (Lipinski definition) is 4. The van der Waals surface area contributed by atoms with Crippen molar-refractivity contribution >= 4 is 51.2 Å².